The van der Waals surface area contributed by atoms with Crippen molar-refractivity contribution in [3.05, 3.63) is 65.7 Å². The van der Waals surface area contributed by atoms with Gasteiger partial charge in [-0.3, -0.25) is 4.79 Å². The number of hydrogen-bond acceptors (Lipinski definition) is 3. The van der Waals surface area contributed by atoms with E-state index in [9.17, 15) is 4.79 Å². The number of anilines is 1. The molecule has 39 heavy (non-hydrogen) atoms. The maximum Gasteiger partial charge on any atom is 0.271 e. The molecule has 0 unspecified atom stereocenters. The topological polar surface area (TPSA) is 42.2 Å². The number of para-hydroxylation sites is 2. The highest BCUT2D eigenvalue weighted by Gasteiger charge is 2.18. The Kier molecular flexibility index (Phi) is 16.5. The smallest absolute Gasteiger partial charge is 0.271 e. The normalized spacial score (nSPS) is 10.7. The van der Waals surface area contributed by atoms with Gasteiger partial charge in [-0.15, -0.1) is 0 Å². The first-order valence-electron chi connectivity index (χ1n) is 14.8. The second kappa shape index (κ2) is 19.7. The quantitative estimate of drug-likeness (QED) is 0.142. The molecule has 6 heteroatoms. The largest absolute Gasteiger partial charge is 1.00 e. The number of rotatable bonds is 19. The van der Waals surface area contributed by atoms with Crippen molar-refractivity contribution >= 4 is 22.9 Å². The molecule has 0 radical (unpaired) electrons. The van der Waals surface area contributed by atoms with E-state index >= 15 is 0 Å². The Morgan fingerprint density at radius 1 is 0.821 bits per heavy atom. The van der Waals surface area contributed by atoms with Crippen LogP contribution in [0.3, 0.4) is 0 Å². The van der Waals surface area contributed by atoms with Gasteiger partial charge in [0.2, 0.25) is 5.91 Å². The first-order chi connectivity index (χ1) is 18.7. The van der Waals surface area contributed by atoms with Gasteiger partial charge in [-0.2, -0.15) is 4.57 Å². The molecule has 1 amide bonds. The van der Waals surface area contributed by atoms with Crippen molar-refractivity contribution < 1.29 is 26.5 Å². The van der Waals surface area contributed by atoms with E-state index in [1.54, 1.807) is 11.3 Å². The van der Waals surface area contributed by atoms with Crippen LogP contribution in [0.2, 0.25) is 0 Å². The van der Waals surface area contributed by atoms with Crippen molar-refractivity contribution in [2.24, 2.45) is 0 Å². The number of benzene rings is 2. The fraction of sp³-hybridized carbons (Fsp3) is 0.515. The summed E-state index contributed by atoms with van der Waals surface area (Å²) in [4.78, 5) is 13.0. The lowest BCUT2D eigenvalue weighted by molar-refractivity contribution is -0.678. The fourth-order valence-corrected chi connectivity index (χ4v) is 5.80. The van der Waals surface area contributed by atoms with E-state index in [1.165, 1.54) is 70.6 Å². The van der Waals surface area contributed by atoms with Gasteiger partial charge in [0.05, 0.1) is 29.7 Å². The predicted molar refractivity (Wildman–Crippen MR) is 161 cm³/mol. The third-order valence-corrected chi connectivity index (χ3v) is 7.97. The lowest BCUT2D eigenvalue weighted by Crippen LogP contribution is -3.00. The van der Waals surface area contributed by atoms with Crippen LogP contribution in [0.15, 0.2) is 60.1 Å². The summed E-state index contributed by atoms with van der Waals surface area (Å²) in [6.07, 6.45) is 18.3. The minimum atomic E-state index is -0.0292. The van der Waals surface area contributed by atoms with E-state index in [0.29, 0.717) is 13.0 Å². The van der Waals surface area contributed by atoms with Gasteiger partial charge < -0.3 is 22.5 Å². The van der Waals surface area contributed by atoms with Crippen LogP contribution < -0.4 is 27.0 Å². The number of nitrogens with zero attached hydrogens (tertiary/aromatic N) is 1. The van der Waals surface area contributed by atoms with Gasteiger partial charge in [0, 0.05) is 5.56 Å². The molecule has 0 aliphatic rings. The summed E-state index contributed by atoms with van der Waals surface area (Å²) in [5, 5.41) is 6.37. The van der Waals surface area contributed by atoms with Crippen molar-refractivity contribution in [3.63, 3.8) is 0 Å². The molecule has 0 saturated heterocycles. The van der Waals surface area contributed by atoms with E-state index in [1.807, 2.05) is 42.5 Å². The van der Waals surface area contributed by atoms with Crippen molar-refractivity contribution in [1.82, 2.24) is 0 Å². The SMILES string of the molecule is CCCCCCCCCCCCCCOc1ccccc1CC(=O)Nc1ccccc1-c1scc[n+]1CC.[Cl-]. The Bertz CT molecular complexity index is 1080. The van der Waals surface area contributed by atoms with E-state index < -0.39 is 0 Å². The van der Waals surface area contributed by atoms with Crippen molar-refractivity contribution in [2.75, 3.05) is 11.9 Å². The lowest BCUT2D eigenvalue weighted by Gasteiger charge is -2.13. The molecule has 1 heterocycles. The van der Waals surface area contributed by atoms with Gasteiger partial charge >= 0.3 is 0 Å². The molecule has 3 rings (SSSR count). The fourth-order valence-electron chi connectivity index (χ4n) is 4.83. The number of ether oxygens (including phenoxy) is 1. The summed E-state index contributed by atoms with van der Waals surface area (Å²) in [5.74, 6) is 0.791. The standard InChI is InChI=1S/C33H46N2O2S.ClH/c1-3-5-6-7-8-9-10-11-12-13-14-19-25-37-31-23-18-15-20-28(31)27-32(36)34-30-22-17-16-21-29(30)33-35(4-2)24-26-38-33;/h15-18,20-24,26H,3-14,19,25,27H2,1-2H3;1H. The number of amides is 1. The minimum absolute atomic E-state index is 0. The molecule has 1 aromatic heterocycles. The maximum atomic E-state index is 13.0. The molecule has 2 aromatic carbocycles. The molecule has 214 valence electrons. The summed E-state index contributed by atoms with van der Waals surface area (Å²) >= 11 is 1.69. The van der Waals surface area contributed by atoms with E-state index in [-0.39, 0.29) is 18.3 Å². The van der Waals surface area contributed by atoms with Crippen LogP contribution in [-0.2, 0) is 17.8 Å². The van der Waals surface area contributed by atoms with Gasteiger partial charge in [0.1, 0.15) is 12.3 Å². The van der Waals surface area contributed by atoms with Crippen molar-refractivity contribution in [3.8, 4) is 16.3 Å². The summed E-state index contributed by atoms with van der Waals surface area (Å²) < 4.78 is 8.31. The molecule has 4 nitrogen and oxygen atoms in total. The van der Waals surface area contributed by atoms with Gasteiger partial charge in [-0.1, -0.05) is 119 Å². The van der Waals surface area contributed by atoms with E-state index in [0.717, 1.165) is 40.5 Å². The number of thiazole rings is 1. The molecule has 3 aromatic rings. The number of carbonyl (C=O) groups excluding carboxylic acids is 1. The highest BCUT2D eigenvalue weighted by atomic mass is 35.5. The average molecular weight is 571 g/mol. The van der Waals surface area contributed by atoms with Gasteiger partial charge in [-0.05, 0) is 31.5 Å². The number of unbranched alkanes of at least 4 members (excludes halogenated alkanes) is 11. The van der Waals surface area contributed by atoms with Crippen LogP contribution in [0.5, 0.6) is 5.75 Å². The zero-order valence-electron chi connectivity index (χ0n) is 23.9. The van der Waals surface area contributed by atoms with Gasteiger partial charge in [0.15, 0.2) is 6.20 Å². The monoisotopic (exact) mass is 570 g/mol. The highest BCUT2D eigenvalue weighted by Crippen LogP contribution is 2.29. The summed E-state index contributed by atoms with van der Waals surface area (Å²) in [5.41, 5.74) is 2.83. The van der Waals surface area contributed by atoms with Crippen LogP contribution in [0.4, 0.5) is 5.69 Å². The third kappa shape index (κ3) is 11.7. The number of hydrogen-bond donors (Lipinski definition) is 1. The minimum Gasteiger partial charge on any atom is -1.00 e. The molecule has 0 aliphatic heterocycles. The zero-order chi connectivity index (χ0) is 26.8. The molecule has 0 saturated carbocycles. The Morgan fingerprint density at radius 2 is 1.44 bits per heavy atom. The average Bonchev–Trinajstić information content (AvgIpc) is 3.41. The van der Waals surface area contributed by atoms with Crippen LogP contribution in [-0.4, -0.2) is 12.5 Å². The van der Waals surface area contributed by atoms with E-state index in [2.05, 4.69) is 41.4 Å². The Labute approximate surface area is 246 Å². The second-order valence-electron chi connectivity index (χ2n) is 10.1. The molecule has 0 spiro atoms. The Balaban J connectivity index is 0.00000533. The predicted octanol–water partition coefficient (Wildman–Crippen LogP) is 5.99. The second-order valence-corrected chi connectivity index (χ2v) is 11.0. The van der Waals surface area contributed by atoms with Crippen LogP contribution in [0, 0.1) is 0 Å². The number of aromatic nitrogens is 1. The van der Waals surface area contributed by atoms with Gasteiger partial charge in [-0.25, -0.2) is 0 Å². The molecule has 1 N–H and O–H groups in total. The number of halogens is 1. The number of nitrogens with one attached hydrogen (secondary N) is 1. The summed E-state index contributed by atoms with van der Waals surface area (Å²) in [7, 11) is 0. The third-order valence-electron chi connectivity index (χ3n) is 7.03. The first kappa shape index (κ1) is 32.8. The molecule has 0 atom stereocenters. The van der Waals surface area contributed by atoms with Crippen LogP contribution in [0.25, 0.3) is 10.6 Å². The van der Waals surface area contributed by atoms with Gasteiger partial charge in [0.25, 0.3) is 5.01 Å². The van der Waals surface area contributed by atoms with E-state index in [4.69, 9.17) is 4.74 Å². The molecule has 0 aliphatic carbocycles. The number of carbonyl (C=O) groups is 1. The zero-order valence-corrected chi connectivity index (χ0v) is 25.5. The maximum absolute atomic E-state index is 13.0. The van der Waals surface area contributed by atoms with Crippen molar-refractivity contribution in [2.45, 2.75) is 104 Å². The highest BCUT2D eigenvalue weighted by molar-refractivity contribution is 7.12. The van der Waals surface area contributed by atoms with Crippen LogP contribution in [0.1, 0.15) is 96.5 Å². The molecular formula is C33H47ClN2O2S. The first-order valence-corrected chi connectivity index (χ1v) is 15.7. The Morgan fingerprint density at radius 3 is 2.13 bits per heavy atom. The summed E-state index contributed by atoms with van der Waals surface area (Å²) in [6.45, 7) is 6.00. The lowest BCUT2D eigenvalue weighted by atomic mass is 10.1. The van der Waals surface area contributed by atoms with Crippen LogP contribution >= 0.6 is 11.3 Å². The van der Waals surface area contributed by atoms with Crippen molar-refractivity contribution in [1.29, 1.82) is 0 Å². The summed E-state index contributed by atoms with van der Waals surface area (Å²) in [6, 6.07) is 16.0. The number of aryl methyl sites for hydroxylation is 1. The molecule has 0 bridgehead atoms. The molecular weight excluding hydrogens is 524 g/mol. The molecule has 0 fully saturated rings. The Hall–Kier alpha value is -2.37.